The molecule has 3 rings (SSSR count). The van der Waals surface area contributed by atoms with Crippen LogP contribution in [0.1, 0.15) is 38.3 Å². The first-order valence-electron chi connectivity index (χ1n) is 9.30. The van der Waals surface area contributed by atoms with Gasteiger partial charge in [-0.25, -0.2) is 4.39 Å². The minimum Gasteiger partial charge on any atom is -0.598 e. The largest absolute Gasteiger partial charge is 0.598 e. The summed E-state index contributed by atoms with van der Waals surface area (Å²) in [5.74, 6) is -0.118. The van der Waals surface area contributed by atoms with Gasteiger partial charge in [-0.15, -0.1) is 11.3 Å². The Morgan fingerprint density at radius 1 is 1.41 bits per heavy atom. The van der Waals surface area contributed by atoms with Crippen molar-refractivity contribution in [1.82, 2.24) is 4.72 Å². The molecule has 2 aromatic carbocycles. The van der Waals surface area contributed by atoms with E-state index < -0.39 is 27.5 Å². The molecule has 0 aromatic heterocycles. The van der Waals surface area contributed by atoms with E-state index in [1.54, 1.807) is 6.08 Å². The van der Waals surface area contributed by atoms with Gasteiger partial charge in [-0.05, 0) is 48.7 Å². The van der Waals surface area contributed by atoms with Gasteiger partial charge in [-0.3, -0.25) is 0 Å². The first-order chi connectivity index (χ1) is 13.6. The van der Waals surface area contributed by atoms with Gasteiger partial charge in [-0.1, -0.05) is 48.0 Å². The number of hydrogen-bond donors (Lipinski definition) is 1. The summed E-state index contributed by atoms with van der Waals surface area (Å²) in [5.41, 5.74) is 0.806. The molecule has 1 N–H and O–H groups in total. The van der Waals surface area contributed by atoms with Gasteiger partial charge in [0.1, 0.15) is 22.4 Å². The zero-order valence-corrected chi connectivity index (χ0v) is 19.8. The second-order valence-electron chi connectivity index (χ2n) is 8.07. The highest BCUT2D eigenvalue weighted by Crippen LogP contribution is 2.49. The molecule has 1 heterocycles. The van der Waals surface area contributed by atoms with Crippen LogP contribution in [0.5, 0.6) is 5.75 Å². The SMILES string of the molecule is C=CCC(N[S+]([O-])C(C)(C)C)C1(c2ccccc2)Cc2c(cc(F)c(Cl)c2Br)O1. The minimum atomic E-state index is -1.33. The standard InChI is InChI=1S/C22H24BrClFNO2S/c1-5-9-18(26-29(27)21(2,3)4)22(14-10-7-6-8-11-14)13-15-17(28-22)12-16(25)20(24)19(15)23/h5-8,10-12,18,26H,1,9,13H2,2-4H3. The summed E-state index contributed by atoms with van der Waals surface area (Å²) in [4.78, 5) is 0. The summed E-state index contributed by atoms with van der Waals surface area (Å²) in [6.07, 6.45) is 2.73. The fraction of sp³-hybridized carbons (Fsp3) is 0.364. The van der Waals surface area contributed by atoms with Gasteiger partial charge in [0, 0.05) is 33.9 Å². The van der Waals surface area contributed by atoms with Gasteiger partial charge in [0.25, 0.3) is 0 Å². The van der Waals surface area contributed by atoms with E-state index in [0.717, 1.165) is 11.1 Å². The number of nitrogens with one attached hydrogen (secondary N) is 1. The van der Waals surface area contributed by atoms with E-state index in [1.807, 2.05) is 51.1 Å². The molecule has 0 saturated carbocycles. The lowest BCUT2D eigenvalue weighted by molar-refractivity contribution is 0.0560. The number of fused-ring (bicyclic) bond motifs is 1. The Balaban J connectivity index is 2.12. The number of rotatable bonds is 6. The van der Waals surface area contributed by atoms with Crippen molar-refractivity contribution in [2.75, 3.05) is 0 Å². The molecule has 0 fully saturated rings. The summed E-state index contributed by atoms with van der Waals surface area (Å²) in [6.45, 7) is 9.60. The van der Waals surface area contributed by atoms with Crippen molar-refractivity contribution in [3.05, 3.63) is 75.5 Å². The molecule has 0 aliphatic carbocycles. The lowest BCUT2D eigenvalue weighted by atomic mass is 9.81. The Kier molecular flexibility index (Phi) is 6.71. The lowest BCUT2D eigenvalue weighted by Gasteiger charge is -2.38. The summed E-state index contributed by atoms with van der Waals surface area (Å²) >= 11 is 8.22. The van der Waals surface area contributed by atoms with Crippen molar-refractivity contribution >= 4 is 38.9 Å². The maximum absolute atomic E-state index is 14.3. The Morgan fingerprint density at radius 2 is 2.07 bits per heavy atom. The van der Waals surface area contributed by atoms with Crippen molar-refractivity contribution in [1.29, 1.82) is 0 Å². The van der Waals surface area contributed by atoms with Crippen LogP contribution in [-0.2, 0) is 23.4 Å². The van der Waals surface area contributed by atoms with Gasteiger partial charge in [0.2, 0.25) is 0 Å². The van der Waals surface area contributed by atoms with E-state index in [-0.39, 0.29) is 11.1 Å². The van der Waals surface area contributed by atoms with Crippen molar-refractivity contribution in [2.45, 2.75) is 50.0 Å². The van der Waals surface area contributed by atoms with Crippen LogP contribution in [0.3, 0.4) is 0 Å². The Bertz CT molecular complexity index is 906. The first kappa shape index (κ1) is 22.6. The van der Waals surface area contributed by atoms with Gasteiger partial charge in [0.15, 0.2) is 5.60 Å². The molecule has 3 unspecified atom stereocenters. The number of halogens is 3. The predicted octanol–water partition coefficient (Wildman–Crippen LogP) is 6.07. The molecule has 7 heteroatoms. The molecule has 1 aliphatic heterocycles. The van der Waals surface area contributed by atoms with Gasteiger partial charge in [0.05, 0.1) is 5.02 Å². The topological polar surface area (TPSA) is 44.3 Å². The molecule has 3 atom stereocenters. The van der Waals surface area contributed by atoms with E-state index in [1.165, 1.54) is 6.07 Å². The zero-order chi connectivity index (χ0) is 21.4. The first-order valence-corrected chi connectivity index (χ1v) is 11.6. The highest BCUT2D eigenvalue weighted by Gasteiger charge is 2.50. The molecule has 0 bridgehead atoms. The van der Waals surface area contributed by atoms with Crippen LogP contribution in [-0.4, -0.2) is 15.3 Å². The third-order valence-corrected chi connectivity index (χ3v) is 8.07. The average molecular weight is 501 g/mol. The molecule has 3 nitrogen and oxygen atoms in total. The van der Waals surface area contributed by atoms with E-state index in [0.29, 0.717) is 23.1 Å². The molecule has 29 heavy (non-hydrogen) atoms. The fourth-order valence-electron chi connectivity index (χ4n) is 3.44. The summed E-state index contributed by atoms with van der Waals surface area (Å²) in [6, 6.07) is 10.7. The van der Waals surface area contributed by atoms with E-state index in [2.05, 4.69) is 27.2 Å². The van der Waals surface area contributed by atoms with Crippen LogP contribution >= 0.6 is 27.5 Å². The Labute approximate surface area is 188 Å². The molecule has 1 aliphatic rings. The molecule has 0 amide bonds. The fourth-order valence-corrected chi connectivity index (χ4v) is 5.04. The second-order valence-corrected chi connectivity index (χ2v) is 11.2. The monoisotopic (exact) mass is 499 g/mol. The van der Waals surface area contributed by atoms with Gasteiger partial charge < -0.3 is 9.29 Å². The Hall–Kier alpha value is -1.05. The molecule has 0 saturated heterocycles. The number of hydrogen-bond acceptors (Lipinski definition) is 3. The quantitative estimate of drug-likeness (QED) is 0.297. The summed E-state index contributed by atoms with van der Waals surface area (Å²) in [7, 11) is 0. The molecule has 0 spiro atoms. The van der Waals surface area contributed by atoms with Gasteiger partial charge in [-0.2, -0.15) is 0 Å². The van der Waals surface area contributed by atoms with E-state index >= 15 is 0 Å². The lowest BCUT2D eigenvalue weighted by Crippen LogP contribution is -2.56. The zero-order valence-electron chi connectivity index (χ0n) is 16.6. The molecular weight excluding hydrogens is 477 g/mol. The molecular formula is C22H24BrClFNO2S. The van der Waals surface area contributed by atoms with Crippen molar-refractivity contribution < 1.29 is 13.7 Å². The van der Waals surface area contributed by atoms with Crippen LogP contribution in [0.2, 0.25) is 5.02 Å². The van der Waals surface area contributed by atoms with Crippen molar-refractivity contribution in [3.63, 3.8) is 0 Å². The predicted molar refractivity (Wildman–Crippen MR) is 121 cm³/mol. The van der Waals surface area contributed by atoms with Crippen molar-refractivity contribution in [2.24, 2.45) is 0 Å². The van der Waals surface area contributed by atoms with E-state index in [9.17, 15) is 8.94 Å². The van der Waals surface area contributed by atoms with Crippen LogP contribution in [0.15, 0.2) is 53.5 Å². The second kappa shape index (κ2) is 8.60. The molecule has 156 valence electrons. The van der Waals surface area contributed by atoms with Crippen LogP contribution in [0.4, 0.5) is 4.39 Å². The average Bonchev–Trinajstić information content (AvgIpc) is 3.06. The van der Waals surface area contributed by atoms with Crippen molar-refractivity contribution in [3.8, 4) is 5.75 Å². The number of benzene rings is 2. The molecule has 2 aromatic rings. The van der Waals surface area contributed by atoms with Gasteiger partial charge >= 0.3 is 0 Å². The normalized spacial score (nSPS) is 20.7. The highest BCUT2D eigenvalue weighted by molar-refractivity contribution is 9.10. The number of ether oxygens (including phenoxy) is 1. The maximum atomic E-state index is 14.3. The smallest absolute Gasteiger partial charge is 0.158 e. The maximum Gasteiger partial charge on any atom is 0.158 e. The van der Waals surface area contributed by atoms with E-state index in [4.69, 9.17) is 16.3 Å². The highest BCUT2D eigenvalue weighted by atomic mass is 79.9. The minimum absolute atomic E-state index is 0.0303. The third-order valence-electron chi connectivity index (χ3n) is 4.99. The third kappa shape index (κ3) is 4.37. The summed E-state index contributed by atoms with van der Waals surface area (Å²) < 4.78 is 37.0. The van der Waals surface area contributed by atoms with Crippen LogP contribution < -0.4 is 9.46 Å². The Morgan fingerprint density at radius 3 is 2.66 bits per heavy atom. The molecule has 0 radical (unpaired) electrons. The summed E-state index contributed by atoms with van der Waals surface area (Å²) in [5, 5.41) is 0.0303. The van der Waals surface area contributed by atoms with Crippen LogP contribution in [0.25, 0.3) is 0 Å². The van der Waals surface area contributed by atoms with Crippen LogP contribution in [0, 0.1) is 5.82 Å².